The van der Waals surface area contributed by atoms with Gasteiger partial charge < -0.3 is 0 Å². The summed E-state index contributed by atoms with van der Waals surface area (Å²) < 4.78 is 0. The highest BCUT2D eigenvalue weighted by Crippen LogP contribution is 2.22. The lowest BCUT2D eigenvalue weighted by molar-refractivity contribution is -0.117. The molecule has 1 heteroatoms. The topological polar surface area (TPSA) is 17.1 Å². The number of rotatable bonds is 8. The molecule has 1 atom stereocenters. The number of allylic oxidation sites excluding steroid dienone is 4. The largest absolute Gasteiger partial charge is 0.294 e. The molecular weight excluding hydrogens is 208 g/mol. The highest BCUT2D eigenvalue weighted by Gasteiger charge is 2.16. The molecule has 0 aromatic rings. The first kappa shape index (κ1) is 14.2. The van der Waals surface area contributed by atoms with Crippen molar-refractivity contribution in [2.24, 2.45) is 5.92 Å². The van der Waals surface area contributed by atoms with E-state index >= 15 is 0 Å². The van der Waals surface area contributed by atoms with Gasteiger partial charge in [0.05, 0.1) is 0 Å². The van der Waals surface area contributed by atoms with Crippen LogP contribution in [0.3, 0.4) is 0 Å². The zero-order chi connectivity index (χ0) is 12.5. The lowest BCUT2D eigenvalue weighted by Crippen LogP contribution is -2.13. The molecule has 0 heterocycles. The summed E-state index contributed by atoms with van der Waals surface area (Å²) in [4.78, 5) is 11.9. The molecule has 1 aliphatic carbocycles. The van der Waals surface area contributed by atoms with Gasteiger partial charge in [0.2, 0.25) is 0 Å². The van der Waals surface area contributed by atoms with Crippen LogP contribution in [0.1, 0.15) is 65.2 Å². The molecule has 96 valence electrons. The molecule has 1 rings (SSSR count). The van der Waals surface area contributed by atoms with Gasteiger partial charge in [-0.25, -0.2) is 0 Å². The molecule has 0 saturated heterocycles. The number of carbonyl (C=O) groups is 1. The van der Waals surface area contributed by atoms with Crippen LogP contribution in [-0.2, 0) is 4.79 Å². The molecule has 1 aliphatic rings. The van der Waals surface area contributed by atoms with Crippen LogP contribution in [0.5, 0.6) is 0 Å². The maximum absolute atomic E-state index is 11.9. The number of hydrogen-bond acceptors (Lipinski definition) is 1. The second-order valence-electron chi connectivity index (χ2n) is 5.04. The van der Waals surface area contributed by atoms with E-state index in [-0.39, 0.29) is 5.92 Å². The molecule has 0 fully saturated rings. The first-order chi connectivity index (χ1) is 8.27. The van der Waals surface area contributed by atoms with E-state index in [0.717, 1.165) is 12.8 Å². The quantitative estimate of drug-likeness (QED) is 0.550. The number of carbonyl (C=O) groups excluding carboxylic acids is 1. The Morgan fingerprint density at radius 2 is 1.76 bits per heavy atom. The normalized spacial score (nSPS) is 19.5. The molecule has 0 N–H and O–H groups in total. The lowest BCUT2D eigenvalue weighted by Gasteiger charge is -2.14. The third-order valence-corrected chi connectivity index (χ3v) is 3.42. The van der Waals surface area contributed by atoms with Crippen molar-refractivity contribution in [1.82, 2.24) is 0 Å². The van der Waals surface area contributed by atoms with Gasteiger partial charge in [-0.1, -0.05) is 58.1 Å². The van der Waals surface area contributed by atoms with Crippen LogP contribution in [0.25, 0.3) is 0 Å². The first-order valence-electron chi connectivity index (χ1n) is 7.20. The first-order valence-corrected chi connectivity index (χ1v) is 7.20. The van der Waals surface area contributed by atoms with Crippen molar-refractivity contribution in [3.63, 3.8) is 0 Å². The fourth-order valence-electron chi connectivity index (χ4n) is 2.26. The molecule has 0 aromatic heterocycles. The van der Waals surface area contributed by atoms with Gasteiger partial charge in [-0.15, -0.1) is 0 Å². The molecule has 0 amide bonds. The average Bonchev–Trinajstić information content (AvgIpc) is 2.32. The van der Waals surface area contributed by atoms with E-state index in [0.29, 0.717) is 5.78 Å². The van der Waals surface area contributed by atoms with E-state index in [9.17, 15) is 4.79 Å². The van der Waals surface area contributed by atoms with Gasteiger partial charge in [0.25, 0.3) is 0 Å². The molecule has 1 nitrogen and oxygen atoms in total. The zero-order valence-electron chi connectivity index (χ0n) is 11.4. The Balaban J connectivity index is 2.33. The number of unbranched alkanes of at least 4 members (excludes halogenated alkanes) is 4. The maximum Gasteiger partial charge on any atom is 0.162 e. The summed E-state index contributed by atoms with van der Waals surface area (Å²) >= 11 is 0. The van der Waals surface area contributed by atoms with Crippen LogP contribution in [-0.4, -0.2) is 5.78 Å². The molecule has 0 aromatic carbocycles. The maximum atomic E-state index is 11.9. The van der Waals surface area contributed by atoms with E-state index in [1.807, 2.05) is 6.08 Å². The minimum absolute atomic E-state index is 0.163. The third-order valence-electron chi connectivity index (χ3n) is 3.42. The lowest BCUT2D eigenvalue weighted by atomic mass is 9.89. The van der Waals surface area contributed by atoms with Gasteiger partial charge in [-0.2, -0.15) is 0 Å². The van der Waals surface area contributed by atoms with Crippen molar-refractivity contribution in [2.75, 3.05) is 0 Å². The van der Waals surface area contributed by atoms with Gasteiger partial charge in [-0.05, 0) is 30.9 Å². The van der Waals surface area contributed by atoms with Crippen molar-refractivity contribution in [1.29, 1.82) is 0 Å². The van der Waals surface area contributed by atoms with E-state index in [1.165, 1.54) is 44.1 Å². The Morgan fingerprint density at radius 1 is 1.06 bits per heavy atom. The van der Waals surface area contributed by atoms with Crippen LogP contribution >= 0.6 is 0 Å². The van der Waals surface area contributed by atoms with Crippen molar-refractivity contribution in [2.45, 2.75) is 65.2 Å². The second kappa shape index (κ2) is 8.27. The van der Waals surface area contributed by atoms with Crippen LogP contribution < -0.4 is 0 Å². The SMILES string of the molecule is CCCCCC1=CC(=O)C(CCCCC)C=C1. The summed E-state index contributed by atoms with van der Waals surface area (Å²) in [5.74, 6) is 0.492. The Hall–Kier alpha value is -0.850. The van der Waals surface area contributed by atoms with Crippen LogP contribution in [0.15, 0.2) is 23.8 Å². The van der Waals surface area contributed by atoms with Gasteiger partial charge in [0.15, 0.2) is 5.78 Å². The van der Waals surface area contributed by atoms with E-state index in [2.05, 4.69) is 26.0 Å². The summed E-state index contributed by atoms with van der Waals surface area (Å²) in [5.41, 5.74) is 1.23. The van der Waals surface area contributed by atoms with Crippen LogP contribution in [0.4, 0.5) is 0 Å². The molecule has 0 radical (unpaired) electrons. The van der Waals surface area contributed by atoms with Crippen LogP contribution in [0, 0.1) is 5.92 Å². The van der Waals surface area contributed by atoms with E-state index < -0.39 is 0 Å². The fraction of sp³-hybridized carbons (Fsp3) is 0.688. The molecule has 0 saturated carbocycles. The van der Waals surface area contributed by atoms with Crippen LogP contribution in [0.2, 0.25) is 0 Å². The molecule has 17 heavy (non-hydrogen) atoms. The molecular formula is C16H26O. The van der Waals surface area contributed by atoms with Crippen molar-refractivity contribution < 1.29 is 4.79 Å². The summed E-state index contributed by atoms with van der Waals surface area (Å²) in [6.07, 6.45) is 15.6. The van der Waals surface area contributed by atoms with E-state index in [1.54, 1.807) is 0 Å². The predicted octanol–water partition coefficient (Wildman–Crippen LogP) is 4.83. The van der Waals surface area contributed by atoms with E-state index in [4.69, 9.17) is 0 Å². The number of ketones is 1. The average molecular weight is 234 g/mol. The molecule has 1 unspecified atom stereocenters. The highest BCUT2D eigenvalue weighted by atomic mass is 16.1. The van der Waals surface area contributed by atoms with Crippen molar-refractivity contribution in [3.05, 3.63) is 23.8 Å². The summed E-state index contributed by atoms with van der Waals surface area (Å²) in [6, 6.07) is 0. The standard InChI is InChI=1S/C16H26O/c1-3-5-7-9-14-11-12-15(16(17)13-14)10-8-6-4-2/h11-13,15H,3-10H2,1-2H3. The van der Waals surface area contributed by atoms with Gasteiger partial charge in [0.1, 0.15) is 0 Å². The Bertz CT molecular complexity index is 286. The second-order valence-corrected chi connectivity index (χ2v) is 5.04. The fourth-order valence-corrected chi connectivity index (χ4v) is 2.26. The minimum atomic E-state index is 0.163. The van der Waals surface area contributed by atoms with Crippen molar-refractivity contribution in [3.8, 4) is 0 Å². The molecule has 0 bridgehead atoms. The summed E-state index contributed by atoms with van der Waals surface area (Å²) in [7, 11) is 0. The molecule has 0 aliphatic heterocycles. The molecule has 0 spiro atoms. The zero-order valence-corrected chi connectivity index (χ0v) is 11.4. The highest BCUT2D eigenvalue weighted by molar-refractivity contribution is 5.95. The third kappa shape index (κ3) is 5.34. The Morgan fingerprint density at radius 3 is 2.41 bits per heavy atom. The summed E-state index contributed by atoms with van der Waals surface area (Å²) in [6.45, 7) is 4.41. The summed E-state index contributed by atoms with van der Waals surface area (Å²) in [5, 5.41) is 0. The van der Waals surface area contributed by atoms with Gasteiger partial charge >= 0.3 is 0 Å². The Labute approximate surface area is 106 Å². The minimum Gasteiger partial charge on any atom is -0.294 e. The van der Waals surface area contributed by atoms with Gasteiger partial charge in [0, 0.05) is 5.92 Å². The van der Waals surface area contributed by atoms with Crippen molar-refractivity contribution >= 4 is 5.78 Å². The monoisotopic (exact) mass is 234 g/mol. The number of hydrogen-bond donors (Lipinski definition) is 0. The Kier molecular flexibility index (Phi) is 6.91. The predicted molar refractivity (Wildman–Crippen MR) is 74.0 cm³/mol. The smallest absolute Gasteiger partial charge is 0.162 e. The van der Waals surface area contributed by atoms with Gasteiger partial charge in [-0.3, -0.25) is 4.79 Å².